The van der Waals surface area contributed by atoms with Crippen molar-refractivity contribution in [2.45, 2.75) is 19.2 Å². The first-order valence-corrected chi connectivity index (χ1v) is 5.61. The van der Waals surface area contributed by atoms with Gasteiger partial charge in [-0.3, -0.25) is 0 Å². The van der Waals surface area contributed by atoms with Crippen molar-refractivity contribution in [3.8, 4) is 0 Å². The fourth-order valence-corrected chi connectivity index (χ4v) is 0.630. The number of phosphoric acid groups is 1. The van der Waals surface area contributed by atoms with Crippen molar-refractivity contribution in [3.05, 3.63) is 5.21 Å². The third-order valence-corrected chi connectivity index (χ3v) is 1.06. The first-order valence-electron chi connectivity index (χ1n) is 3.60. The summed E-state index contributed by atoms with van der Waals surface area (Å²) < 4.78 is 8.88. The van der Waals surface area contributed by atoms with E-state index in [4.69, 9.17) is 30.8 Å². The van der Waals surface area contributed by atoms with Gasteiger partial charge in [-0.05, 0) is 13.8 Å². The van der Waals surface area contributed by atoms with Crippen molar-refractivity contribution in [3.63, 3.8) is 0 Å². The zero-order valence-electron chi connectivity index (χ0n) is 7.85. The smallest absolute Gasteiger partial charge is 0.466 e. The Morgan fingerprint density at radius 3 is 1.86 bits per heavy atom. The second-order valence-corrected chi connectivity index (χ2v) is 4.16. The van der Waals surface area contributed by atoms with E-state index in [0.29, 0.717) is 13.1 Å². The molecule has 0 aromatic heterocycles. The Morgan fingerprint density at radius 2 is 1.79 bits per heavy atom. The van der Waals surface area contributed by atoms with Crippen LogP contribution in [0, 0.1) is 5.21 Å². The van der Waals surface area contributed by atoms with E-state index < -0.39 is 7.82 Å². The largest absolute Gasteiger partial charge is 1.00 e. The molecule has 0 radical (unpaired) electrons. The van der Waals surface area contributed by atoms with E-state index in [1.165, 1.54) is 0 Å². The van der Waals surface area contributed by atoms with Crippen molar-refractivity contribution in [2.75, 3.05) is 13.1 Å². The van der Waals surface area contributed by atoms with E-state index in [-0.39, 0.29) is 22.8 Å². The quantitative estimate of drug-likeness (QED) is 0.238. The molecule has 0 aromatic carbocycles. The number of hydrogen-bond donors (Lipinski definition) is 4. The average Bonchev–Trinajstić information content (AvgIpc) is 1.82. The molecule has 2 unspecified atom stereocenters. The maximum absolute atomic E-state index is 10.5. The molecule has 2 atom stereocenters. The van der Waals surface area contributed by atoms with E-state index in [2.05, 4.69) is 0 Å². The van der Waals surface area contributed by atoms with Gasteiger partial charge in [0.15, 0.2) is 0 Å². The molecule has 0 saturated carbocycles. The van der Waals surface area contributed by atoms with Gasteiger partial charge in [-0.1, -0.05) is 0 Å². The Morgan fingerprint density at radius 1 is 1.50 bits per heavy atom. The molecule has 0 heterocycles. The molecule has 0 spiro atoms. The molecule has 0 aliphatic carbocycles. The highest BCUT2D eigenvalue weighted by Gasteiger charge is 2.00. The zero-order chi connectivity index (χ0) is 11.1. The lowest BCUT2D eigenvalue weighted by molar-refractivity contribution is -0.845. The van der Waals surface area contributed by atoms with Gasteiger partial charge in [0, 0.05) is 0 Å². The summed E-state index contributed by atoms with van der Waals surface area (Å²) in [5, 5.41) is 10.8. The molecule has 0 aromatic rings. The van der Waals surface area contributed by atoms with Gasteiger partial charge in [0.25, 0.3) is 0 Å². The van der Waals surface area contributed by atoms with Crippen molar-refractivity contribution in [2.24, 2.45) is 0 Å². The van der Waals surface area contributed by atoms with Crippen LogP contribution in [0.2, 0.25) is 0 Å². The number of hydroxylamine groups is 2. The van der Waals surface area contributed by atoms with E-state index in [9.17, 15) is 5.21 Å². The number of nitrogens with one attached hydrogen (secondary N) is 1. The lowest BCUT2D eigenvalue weighted by Gasteiger charge is -2.20. The topological polar surface area (TPSA) is 105 Å². The molecule has 0 fully saturated rings. The second-order valence-electron chi connectivity index (χ2n) is 2.39. The Labute approximate surface area is 94.1 Å². The molecule has 0 amide bonds. The Hall–Kier alpha value is 0.610. The summed E-state index contributed by atoms with van der Waals surface area (Å²) in [6.07, 6.45) is 0. The monoisotopic (exact) mass is 270 g/mol. The van der Waals surface area contributed by atoms with Crippen LogP contribution in [0.4, 0.5) is 0 Å². The van der Waals surface area contributed by atoms with Crippen LogP contribution in [-0.2, 0) is 4.57 Å². The van der Waals surface area contributed by atoms with Crippen LogP contribution in [0.3, 0.4) is 0 Å². The molecular weight excluding hydrogens is 256 g/mol. The van der Waals surface area contributed by atoms with Crippen molar-refractivity contribution < 1.29 is 36.7 Å². The molecule has 6 nitrogen and oxygen atoms in total. The van der Waals surface area contributed by atoms with Crippen molar-refractivity contribution >= 4 is 19.4 Å². The van der Waals surface area contributed by atoms with Gasteiger partial charge >= 0.3 is 7.82 Å². The van der Waals surface area contributed by atoms with Crippen LogP contribution < -0.4 is 17.5 Å². The molecule has 4 N–H and O–H groups in total. The Kier molecular flexibility index (Phi) is 14.5. The van der Waals surface area contributed by atoms with Crippen LogP contribution in [0.1, 0.15) is 13.8 Å². The molecule has 0 rings (SSSR count). The average molecular weight is 271 g/mol. The lowest BCUT2D eigenvalue weighted by Crippen LogP contribution is -3.07. The number of alkyl halides is 1. The van der Waals surface area contributed by atoms with Crippen molar-refractivity contribution in [1.82, 2.24) is 0 Å². The van der Waals surface area contributed by atoms with Crippen LogP contribution in [0.15, 0.2) is 0 Å². The first kappa shape index (κ1) is 20.1. The van der Waals surface area contributed by atoms with E-state index >= 15 is 0 Å². The number of rotatable bonds is 3. The maximum atomic E-state index is 10.5. The Bertz CT molecular complexity index is 156. The molecule has 9 heteroatoms. The first-order chi connectivity index (χ1) is 5.66. The summed E-state index contributed by atoms with van der Waals surface area (Å²) in [4.78, 5) is 21.6. The van der Waals surface area contributed by atoms with E-state index in [0.717, 1.165) is 0 Å². The molecule has 0 aliphatic rings. The summed E-state index contributed by atoms with van der Waals surface area (Å²) in [7, 11) is -4.64. The molecule has 0 bridgehead atoms. The summed E-state index contributed by atoms with van der Waals surface area (Å²) in [6.45, 7) is 4.80. The predicted octanol–water partition coefficient (Wildman–Crippen LogP) is -3.91. The highest BCUT2D eigenvalue weighted by Crippen LogP contribution is 2.25. The van der Waals surface area contributed by atoms with Gasteiger partial charge in [-0.15, -0.1) is 11.6 Å². The molecule has 0 saturated heterocycles. The maximum Gasteiger partial charge on any atom is 0.466 e. The minimum Gasteiger partial charge on any atom is -1.00 e. The highest BCUT2D eigenvalue weighted by molar-refractivity contribution is 7.45. The Balaban J connectivity index is -0.000000177. The normalized spacial score (nSPS) is 14.5. The molecule has 14 heavy (non-hydrogen) atoms. The zero-order valence-corrected chi connectivity index (χ0v) is 10.3. The van der Waals surface area contributed by atoms with Crippen LogP contribution in [0.25, 0.3) is 0 Å². The predicted molar refractivity (Wildman–Crippen MR) is 49.3 cm³/mol. The third-order valence-electron chi connectivity index (χ3n) is 0.903. The SMILES string of the molecule is CC[NH+]([O-])CC(C)Cl.O=P(O)(O)O.[Cl-]. The van der Waals surface area contributed by atoms with Gasteiger partial charge in [-0.2, -0.15) is 0 Å². The standard InChI is InChI=1S/C5H12ClNO.ClH.H3O4P/c1-3-7(8)4-5(2)6;;1-5(2,3)4/h5,7H,3-4H2,1-2H3;1H;(H3,1,2,3,4)/p-1. The van der Waals surface area contributed by atoms with E-state index in [1.54, 1.807) is 0 Å². The van der Waals surface area contributed by atoms with Gasteiger partial charge in [-0.25, -0.2) is 4.57 Å². The summed E-state index contributed by atoms with van der Waals surface area (Å²) in [6, 6.07) is 0. The number of halogens is 2. The third kappa shape index (κ3) is 38.9. The minimum absolute atomic E-state index is 0. The van der Waals surface area contributed by atoms with Gasteiger partial charge in [0.2, 0.25) is 0 Å². The van der Waals surface area contributed by atoms with Crippen molar-refractivity contribution in [1.29, 1.82) is 0 Å². The van der Waals surface area contributed by atoms with Crippen LogP contribution >= 0.6 is 19.4 Å². The van der Waals surface area contributed by atoms with Gasteiger partial charge in [0.05, 0.1) is 18.5 Å². The lowest BCUT2D eigenvalue weighted by atomic mass is 10.4. The summed E-state index contributed by atoms with van der Waals surface area (Å²) in [5.74, 6) is 0. The van der Waals surface area contributed by atoms with E-state index in [1.807, 2.05) is 13.8 Å². The van der Waals surface area contributed by atoms with Gasteiger partial charge < -0.3 is 37.4 Å². The van der Waals surface area contributed by atoms with Crippen LogP contribution in [0.5, 0.6) is 0 Å². The minimum atomic E-state index is -4.64. The van der Waals surface area contributed by atoms with Crippen LogP contribution in [-0.4, -0.2) is 33.1 Å². The second kappa shape index (κ2) is 10.1. The fourth-order valence-electron chi connectivity index (χ4n) is 0.458. The summed E-state index contributed by atoms with van der Waals surface area (Å²) in [5.41, 5.74) is 0. The summed E-state index contributed by atoms with van der Waals surface area (Å²) >= 11 is 5.53. The number of hydrogen-bond acceptors (Lipinski definition) is 2. The van der Waals surface area contributed by atoms with Gasteiger partial charge in [0.1, 0.15) is 0 Å². The fraction of sp³-hybridized carbons (Fsp3) is 1.00. The highest BCUT2D eigenvalue weighted by atomic mass is 35.5. The molecule has 0 aliphatic heterocycles. The number of quaternary nitrogens is 1. The molecule has 90 valence electrons. The molecular formula is C5H15Cl2NO5P-.